The maximum atomic E-state index is 12.5. The van der Waals surface area contributed by atoms with Crippen molar-refractivity contribution in [2.45, 2.75) is 35.5 Å². The van der Waals surface area contributed by atoms with Crippen molar-refractivity contribution in [1.82, 2.24) is 20.2 Å². The van der Waals surface area contributed by atoms with Gasteiger partial charge in [0.15, 0.2) is 10.0 Å². The van der Waals surface area contributed by atoms with E-state index in [1.165, 1.54) is 28.7 Å². The summed E-state index contributed by atoms with van der Waals surface area (Å²) in [6.45, 7) is 3.76. The van der Waals surface area contributed by atoms with Gasteiger partial charge in [0.1, 0.15) is 0 Å². The van der Waals surface area contributed by atoms with Crippen LogP contribution in [-0.2, 0) is 15.6 Å². The predicted octanol–water partition coefficient (Wildman–Crippen LogP) is 4.02. The molecule has 2 aromatic heterocycles. The van der Waals surface area contributed by atoms with Crippen LogP contribution in [0, 0.1) is 6.92 Å². The van der Waals surface area contributed by atoms with E-state index in [1.807, 2.05) is 25.1 Å². The van der Waals surface area contributed by atoms with Crippen LogP contribution >= 0.6 is 34.7 Å². The number of nitrogens with zero attached hydrogens (tertiary/aromatic N) is 4. The van der Waals surface area contributed by atoms with E-state index >= 15 is 0 Å². The van der Waals surface area contributed by atoms with Gasteiger partial charge in [0, 0.05) is 5.75 Å². The number of sulfone groups is 1. The van der Waals surface area contributed by atoms with Crippen LogP contribution in [0.1, 0.15) is 35.0 Å². The fraction of sp³-hybridized carbons (Fsp3) is 0.278. The van der Waals surface area contributed by atoms with Crippen molar-refractivity contribution in [2.24, 2.45) is 0 Å². The number of benzene rings is 1. The summed E-state index contributed by atoms with van der Waals surface area (Å²) in [6.07, 6.45) is 1.51. The Morgan fingerprint density at radius 1 is 1.30 bits per heavy atom. The van der Waals surface area contributed by atoms with Crippen LogP contribution in [-0.4, -0.2) is 40.2 Å². The standard InChI is InChI=1S/C18H18ClN5O3S3/c1-3-7-30(26,27)17-20-9-13(19)14(21-17)15(25)22-16-23-24-18(29-16)28-10-12-6-4-5-11(2)8-12/h4-6,8-9H,3,7,10H2,1-2H3,(H,22,23,25). The van der Waals surface area contributed by atoms with Crippen LogP contribution in [0.25, 0.3) is 0 Å². The van der Waals surface area contributed by atoms with Crippen molar-refractivity contribution in [3.05, 3.63) is 52.3 Å². The van der Waals surface area contributed by atoms with Crippen molar-refractivity contribution in [3.63, 3.8) is 0 Å². The van der Waals surface area contributed by atoms with Gasteiger partial charge in [0.05, 0.1) is 17.0 Å². The summed E-state index contributed by atoms with van der Waals surface area (Å²) < 4.78 is 25.0. The van der Waals surface area contributed by atoms with Crippen LogP contribution in [0.3, 0.4) is 0 Å². The molecule has 1 aromatic carbocycles. The second kappa shape index (κ2) is 9.82. The van der Waals surface area contributed by atoms with Gasteiger partial charge in [-0.15, -0.1) is 10.2 Å². The maximum absolute atomic E-state index is 12.5. The number of rotatable bonds is 8. The lowest BCUT2D eigenvalue weighted by Gasteiger charge is -2.06. The maximum Gasteiger partial charge on any atom is 0.277 e. The largest absolute Gasteiger partial charge is 0.295 e. The zero-order valence-corrected chi connectivity index (χ0v) is 19.3. The monoisotopic (exact) mass is 483 g/mol. The van der Waals surface area contributed by atoms with Gasteiger partial charge in [0.2, 0.25) is 20.1 Å². The molecule has 158 valence electrons. The molecule has 0 fully saturated rings. The molecule has 0 saturated carbocycles. The molecule has 3 aromatic rings. The molecule has 0 saturated heterocycles. The number of anilines is 1. The van der Waals surface area contributed by atoms with Crippen molar-refractivity contribution < 1.29 is 13.2 Å². The average Bonchev–Trinajstić information content (AvgIpc) is 3.14. The molecule has 0 unspecified atom stereocenters. The number of aromatic nitrogens is 4. The summed E-state index contributed by atoms with van der Waals surface area (Å²) in [5, 5.41) is 10.4. The van der Waals surface area contributed by atoms with Crippen LogP contribution in [0.15, 0.2) is 40.0 Å². The van der Waals surface area contributed by atoms with Crippen LogP contribution < -0.4 is 5.32 Å². The lowest BCUT2D eigenvalue weighted by molar-refractivity contribution is 0.102. The van der Waals surface area contributed by atoms with Crippen molar-refractivity contribution >= 4 is 55.6 Å². The van der Waals surface area contributed by atoms with Crippen molar-refractivity contribution in [2.75, 3.05) is 11.1 Å². The summed E-state index contributed by atoms with van der Waals surface area (Å²) in [4.78, 5) is 20.1. The minimum atomic E-state index is -3.68. The van der Waals surface area contributed by atoms with E-state index in [9.17, 15) is 13.2 Å². The SMILES string of the molecule is CCCS(=O)(=O)c1ncc(Cl)c(C(=O)Nc2nnc(SCc3cccc(C)c3)s2)n1. The first kappa shape index (κ1) is 22.6. The van der Waals surface area contributed by atoms with E-state index in [1.54, 1.807) is 6.92 Å². The quantitative estimate of drug-likeness (QED) is 0.290. The molecule has 0 bridgehead atoms. The molecule has 1 amide bonds. The summed E-state index contributed by atoms with van der Waals surface area (Å²) in [6, 6.07) is 8.16. The van der Waals surface area contributed by atoms with Crippen LogP contribution in [0.4, 0.5) is 5.13 Å². The van der Waals surface area contributed by atoms with Gasteiger partial charge in [-0.1, -0.05) is 71.5 Å². The van der Waals surface area contributed by atoms with Crippen LogP contribution in [0.5, 0.6) is 0 Å². The summed E-state index contributed by atoms with van der Waals surface area (Å²) in [5.41, 5.74) is 2.11. The fourth-order valence-electron chi connectivity index (χ4n) is 2.44. The topological polar surface area (TPSA) is 115 Å². The second-order valence-electron chi connectivity index (χ2n) is 6.27. The van der Waals surface area contributed by atoms with Gasteiger partial charge in [-0.05, 0) is 18.9 Å². The lowest BCUT2D eigenvalue weighted by Crippen LogP contribution is -2.18. The molecule has 12 heteroatoms. The van der Waals surface area contributed by atoms with Gasteiger partial charge < -0.3 is 0 Å². The Balaban J connectivity index is 1.69. The van der Waals surface area contributed by atoms with Gasteiger partial charge in [0.25, 0.3) is 5.91 Å². The normalized spacial score (nSPS) is 11.4. The molecule has 2 heterocycles. The van der Waals surface area contributed by atoms with E-state index in [2.05, 4.69) is 31.5 Å². The molecule has 3 rings (SSSR count). The Kier molecular flexibility index (Phi) is 7.40. The van der Waals surface area contributed by atoms with Gasteiger partial charge >= 0.3 is 0 Å². The Morgan fingerprint density at radius 3 is 2.83 bits per heavy atom. The molecular weight excluding hydrogens is 466 g/mol. The highest BCUT2D eigenvalue weighted by atomic mass is 35.5. The zero-order valence-electron chi connectivity index (χ0n) is 16.1. The van der Waals surface area contributed by atoms with Gasteiger partial charge in [-0.2, -0.15) is 0 Å². The minimum absolute atomic E-state index is 0.0542. The third-order valence-corrected chi connectivity index (χ3v) is 7.78. The Hall–Kier alpha value is -2.08. The number of aryl methyl sites for hydroxylation is 1. The minimum Gasteiger partial charge on any atom is -0.295 e. The number of hydrogen-bond acceptors (Lipinski definition) is 9. The molecule has 30 heavy (non-hydrogen) atoms. The van der Waals surface area contributed by atoms with E-state index in [0.29, 0.717) is 10.8 Å². The summed E-state index contributed by atoms with van der Waals surface area (Å²) in [5.74, 6) is -0.0735. The molecule has 8 nitrogen and oxygen atoms in total. The fourth-order valence-corrected chi connectivity index (χ4v) is 5.47. The third kappa shape index (κ3) is 5.75. The first-order valence-electron chi connectivity index (χ1n) is 8.87. The average molecular weight is 484 g/mol. The van der Waals surface area contributed by atoms with Crippen molar-refractivity contribution in [3.8, 4) is 0 Å². The summed E-state index contributed by atoms with van der Waals surface area (Å²) >= 11 is 8.71. The third-order valence-electron chi connectivity index (χ3n) is 3.76. The Labute approximate surface area is 187 Å². The molecular formula is C18H18ClN5O3S3. The van der Waals surface area contributed by atoms with Crippen LogP contribution in [0.2, 0.25) is 5.02 Å². The molecule has 1 N–H and O–H groups in total. The van der Waals surface area contributed by atoms with E-state index in [-0.39, 0.29) is 21.6 Å². The highest BCUT2D eigenvalue weighted by molar-refractivity contribution is 8.00. The number of nitrogens with one attached hydrogen (secondary N) is 1. The Bertz CT molecular complexity index is 1170. The molecule has 0 aliphatic rings. The number of halogens is 1. The van der Waals surface area contributed by atoms with Gasteiger partial charge in [-0.3, -0.25) is 10.1 Å². The lowest BCUT2D eigenvalue weighted by atomic mass is 10.2. The molecule has 0 aliphatic heterocycles. The number of hydrogen-bond donors (Lipinski definition) is 1. The second-order valence-corrected chi connectivity index (χ2v) is 10.9. The van der Waals surface area contributed by atoms with Gasteiger partial charge in [-0.25, -0.2) is 18.4 Å². The highest BCUT2D eigenvalue weighted by Gasteiger charge is 2.22. The molecule has 0 aliphatic carbocycles. The first-order valence-corrected chi connectivity index (χ1v) is 12.7. The van der Waals surface area contributed by atoms with E-state index in [0.717, 1.165) is 17.5 Å². The Morgan fingerprint density at radius 2 is 2.10 bits per heavy atom. The van der Waals surface area contributed by atoms with Crippen molar-refractivity contribution in [1.29, 1.82) is 0 Å². The molecule has 0 radical (unpaired) electrons. The van der Waals surface area contributed by atoms with E-state index in [4.69, 9.17) is 11.6 Å². The van der Waals surface area contributed by atoms with E-state index < -0.39 is 20.9 Å². The smallest absolute Gasteiger partial charge is 0.277 e. The predicted molar refractivity (Wildman–Crippen MR) is 118 cm³/mol. The first-order chi connectivity index (χ1) is 14.3. The molecule has 0 atom stereocenters. The number of thioether (sulfide) groups is 1. The summed E-state index contributed by atoms with van der Waals surface area (Å²) in [7, 11) is -3.68. The molecule has 0 spiro atoms. The highest BCUT2D eigenvalue weighted by Crippen LogP contribution is 2.29. The number of carbonyl (C=O) groups excluding carboxylic acids is 1. The number of carbonyl (C=O) groups is 1. The number of amides is 1. The zero-order chi connectivity index (χ0) is 21.7.